The van der Waals surface area contributed by atoms with Crippen molar-refractivity contribution in [1.82, 2.24) is 14.6 Å². The molecule has 0 radical (unpaired) electrons. The highest BCUT2D eigenvalue weighted by Gasteiger charge is 2.31. The Labute approximate surface area is 140 Å². The average molecular weight is 402 g/mol. The van der Waals surface area contributed by atoms with Crippen molar-refractivity contribution < 1.29 is 13.2 Å². The minimum absolute atomic E-state index is 0.00915. The van der Waals surface area contributed by atoms with Crippen LogP contribution in [0.1, 0.15) is 0 Å². The van der Waals surface area contributed by atoms with Crippen LogP contribution >= 0.6 is 27.3 Å². The van der Waals surface area contributed by atoms with Gasteiger partial charge in [0.25, 0.3) is 10.0 Å². The second-order valence-electron chi connectivity index (χ2n) is 4.69. The standard InChI is InChI=1S/C13H12BrN3O3S2/c14-10-3-1-9(2-4-10)13-16-12(8-21-13)22(19,20)17-6-5-15-11(18)7-17/h1-4,8H,5-7H2,(H,15,18). The van der Waals surface area contributed by atoms with E-state index in [0.717, 1.165) is 14.3 Å². The van der Waals surface area contributed by atoms with E-state index in [9.17, 15) is 13.2 Å². The number of carbonyl (C=O) groups is 1. The van der Waals surface area contributed by atoms with E-state index in [2.05, 4.69) is 26.2 Å². The zero-order chi connectivity index (χ0) is 15.7. The maximum Gasteiger partial charge on any atom is 0.261 e. The van der Waals surface area contributed by atoms with Gasteiger partial charge in [-0.2, -0.15) is 4.31 Å². The molecule has 1 aromatic carbocycles. The molecule has 0 saturated carbocycles. The number of rotatable bonds is 3. The predicted molar refractivity (Wildman–Crippen MR) is 87.0 cm³/mol. The van der Waals surface area contributed by atoms with Gasteiger partial charge in [0.15, 0.2) is 5.03 Å². The third-order valence-electron chi connectivity index (χ3n) is 3.18. The van der Waals surface area contributed by atoms with Crippen LogP contribution in [0, 0.1) is 0 Å². The first-order chi connectivity index (χ1) is 10.5. The van der Waals surface area contributed by atoms with E-state index >= 15 is 0 Å². The second kappa shape index (κ2) is 6.07. The minimum Gasteiger partial charge on any atom is -0.354 e. The van der Waals surface area contributed by atoms with Crippen LogP contribution in [0.25, 0.3) is 10.6 Å². The predicted octanol–water partition coefficient (Wildman–Crippen LogP) is 1.69. The minimum atomic E-state index is -3.73. The lowest BCUT2D eigenvalue weighted by Crippen LogP contribution is -2.49. The first-order valence-corrected chi connectivity index (χ1v) is 9.56. The van der Waals surface area contributed by atoms with Crippen LogP contribution in [0.15, 0.2) is 39.1 Å². The number of benzene rings is 1. The van der Waals surface area contributed by atoms with Crippen molar-refractivity contribution in [3.8, 4) is 10.6 Å². The van der Waals surface area contributed by atoms with E-state index in [1.807, 2.05) is 24.3 Å². The molecule has 2 heterocycles. The van der Waals surface area contributed by atoms with Gasteiger partial charge < -0.3 is 5.32 Å². The summed E-state index contributed by atoms with van der Waals surface area (Å²) in [4.78, 5) is 15.6. The molecule has 0 spiro atoms. The zero-order valence-corrected chi connectivity index (χ0v) is 14.5. The van der Waals surface area contributed by atoms with Gasteiger partial charge in [0.1, 0.15) is 5.01 Å². The van der Waals surface area contributed by atoms with Gasteiger partial charge in [-0.3, -0.25) is 4.79 Å². The lowest BCUT2D eigenvalue weighted by atomic mass is 10.2. The smallest absolute Gasteiger partial charge is 0.261 e. The average Bonchev–Trinajstić information content (AvgIpc) is 2.98. The van der Waals surface area contributed by atoms with Crippen molar-refractivity contribution in [2.45, 2.75) is 5.03 Å². The van der Waals surface area contributed by atoms with E-state index in [1.54, 1.807) is 0 Å². The Morgan fingerprint density at radius 1 is 1.27 bits per heavy atom. The number of carbonyl (C=O) groups excluding carboxylic acids is 1. The summed E-state index contributed by atoms with van der Waals surface area (Å²) in [6.07, 6.45) is 0. The van der Waals surface area contributed by atoms with Crippen LogP contribution in [0.5, 0.6) is 0 Å². The van der Waals surface area contributed by atoms with Gasteiger partial charge in [-0.25, -0.2) is 13.4 Å². The highest BCUT2D eigenvalue weighted by Crippen LogP contribution is 2.28. The molecule has 1 fully saturated rings. The van der Waals surface area contributed by atoms with Gasteiger partial charge in [-0.1, -0.05) is 28.1 Å². The van der Waals surface area contributed by atoms with Crippen LogP contribution in [0.2, 0.25) is 0 Å². The van der Waals surface area contributed by atoms with Crippen LogP contribution in [0.3, 0.4) is 0 Å². The molecule has 3 rings (SSSR count). The lowest BCUT2D eigenvalue weighted by Gasteiger charge is -2.24. The van der Waals surface area contributed by atoms with Crippen molar-refractivity contribution in [3.05, 3.63) is 34.1 Å². The molecule has 22 heavy (non-hydrogen) atoms. The largest absolute Gasteiger partial charge is 0.354 e. The number of sulfonamides is 1. The molecule has 9 heteroatoms. The molecule has 1 amide bonds. The Kier molecular flexibility index (Phi) is 4.31. The number of hydrogen-bond donors (Lipinski definition) is 1. The Morgan fingerprint density at radius 3 is 2.68 bits per heavy atom. The van der Waals surface area contributed by atoms with Crippen LogP contribution < -0.4 is 5.32 Å². The lowest BCUT2D eigenvalue weighted by molar-refractivity contribution is -0.122. The van der Waals surface area contributed by atoms with Crippen molar-refractivity contribution in [2.24, 2.45) is 0 Å². The Hall–Kier alpha value is -1.29. The summed E-state index contributed by atoms with van der Waals surface area (Å²) in [7, 11) is -3.73. The molecule has 1 aliphatic heterocycles. The number of thiazole rings is 1. The molecule has 116 valence electrons. The van der Waals surface area contributed by atoms with Crippen molar-refractivity contribution in [3.63, 3.8) is 0 Å². The van der Waals surface area contributed by atoms with Crippen LogP contribution in [-0.4, -0.2) is 43.2 Å². The van der Waals surface area contributed by atoms with Gasteiger partial charge in [0, 0.05) is 28.5 Å². The number of amides is 1. The summed E-state index contributed by atoms with van der Waals surface area (Å²) in [5.41, 5.74) is 0.853. The van der Waals surface area contributed by atoms with Crippen molar-refractivity contribution in [2.75, 3.05) is 19.6 Å². The summed E-state index contributed by atoms with van der Waals surface area (Å²) < 4.78 is 27.1. The molecule has 0 bridgehead atoms. The molecular weight excluding hydrogens is 390 g/mol. The number of piperazine rings is 1. The quantitative estimate of drug-likeness (QED) is 0.848. The number of hydrogen-bond acceptors (Lipinski definition) is 5. The van der Waals surface area contributed by atoms with E-state index in [1.165, 1.54) is 16.7 Å². The van der Waals surface area contributed by atoms with Crippen molar-refractivity contribution in [1.29, 1.82) is 0 Å². The summed E-state index contributed by atoms with van der Waals surface area (Å²) in [5, 5.41) is 4.74. The maximum absolute atomic E-state index is 12.5. The van der Waals surface area contributed by atoms with Gasteiger partial charge in [0.2, 0.25) is 5.91 Å². The first kappa shape index (κ1) is 15.6. The zero-order valence-electron chi connectivity index (χ0n) is 11.3. The SMILES string of the molecule is O=C1CN(S(=O)(=O)c2csc(-c3ccc(Br)cc3)n2)CCN1. The fraction of sp³-hybridized carbons (Fsp3) is 0.231. The molecule has 6 nitrogen and oxygen atoms in total. The molecule has 0 unspecified atom stereocenters. The number of nitrogens with zero attached hydrogens (tertiary/aromatic N) is 2. The van der Waals surface area contributed by atoms with Gasteiger partial charge in [-0.15, -0.1) is 11.3 Å². The molecule has 1 aromatic heterocycles. The number of nitrogens with one attached hydrogen (secondary N) is 1. The first-order valence-electron chi connectivity index (χ1n) is 6.45. The monoisotopic (exact) mass is 401 g/mol. The fourth-order valence-corrected chi connectivity index (χ4v) is 4.79. The third kappa shape index (κ3) is 3.07. The van der Waals surface area contributed by atoms with E-state index in [0.29, 0.717) is 11.6 Å². The van der Waals surface area contributed by atoms with Gasteiger partial charge >= 0.3 is 0 Å². The number of aromatic nitrogens is 1. The van der Waals surface area contributed by atoms with Crippen molar-refractivity contribution >= 4 is 43.2 Å². The maximum atomic E-state index is 12.5. The normalized spacial score (nSPS) is 16.5. The summed E-state index contributed by atoms with van der Waals surface area (Å²) in [6.45, 7) is 0.425. The second-order valence-corrected chi connectivity index (χ2v) is 8.34. The Bertz CT molecular complexity index is 802. The molecule has 0 aliphatic carbocycles. The molecule has 1 N–H and O–H groups in total. The molecule has 2 aromatic rings. The Balaban J connectivity index is 1.89. The molecular formula is C13H12BrN3O3S2. The van der Waals surface area contributed by atoms with E-state index in [-0.39, 0.29) is 24.0 Å². The Morgan fingerprint density at radius 2 is 2.00 bits per heavy atom. The van der Waals surface area contributed by atoms with Gasteiger partial charge in [-0.05, 0) is 12.1 Å². The van der Waals surface area contributed by atoms with Gasteiger partial charge in [0.05, 0.1) is 6.54 Å². The summed E-state index contributed by atoms with van der Waals surface area (Å²) in [6, 6.07) is 7.49. The summed E-state index contributed by atoms with van der Waals surface area (Å²) in [5.74, 6) is -0.293. The molecule has 1 saturated heterocycles. The highest BCUT2D eigenvalue weighted by molar-refractivity contribution is 9.10. The summed E-state index contributed by atoms with van der Waals surface area (Å²) >= 11 is 4.62. The van der Waals surface area contributed by atoms with Crippen LogP contribution in [0.4, 0.5) is 0 Å². The third-order valence-corrected chi connectivity index (χ3v) is 6.48. The molecule has 1 aliphatic rings. The van der Waals surface area contributed by atoms with Crippen LogP contribution in [-0.2, 0) is 14.8 Å². The topological polar surface area (TPSA) is 79.4 Å². The highest BCUT2D eigenvalue weighted by atomic mass is 79.9. The number of halogens is 1. The fourth-order valence-electron chi connectivity index (χ4n) is 2.06. The molecule has 0 atom stereocenters. The van der Waals surface area contributed by atoms with E-state index in [4.69, 9.17) is 0 Å². The van der Waals surface area contributed by atoms with E-state index < -0.39 is 10.0 Å².